The molecule has 3 heteroatoms. The largest absolute Gasteiger partial charge is 0.294 e. The van der Waals surface area contributed by atoms with Crippen molar-refractivity contribution >= 4 is 29.7 Å². The Kier molecular flexibility index (Phi) is 2.16. The summed E-state index contributed by atoms with van der Waals surface area (Å²) in [5.41, 5.74) is 1.03. The van der Waals surface area contributed by atoms with Gasteiger partial charge in [0.15, 0.2) is 5.78 Å². The van der Waals surface area contributed by atoms with Gasteiger partial charge in [-0.1, -0.05) is 0 Å². The number of hydrogen-bond donors (Lipinski definition) is 1. The van der Waals surface area contributed by atoms with Gasteiger partial charge in [-0.3, -0.25) is 4.79 Å². The van der Waals surface area contributed by atoms with Crippen molar-refractivity contribution < 1.29 is 4.79 Å². The van der Waals surface area contributed by atoms with E-state index in [1.807, 2.05) is 13.0 Å². The SMILES string of the molecule is CC(=O)c1sc(S)cc1C. The van der Waals surface area contributed by atoms with Crippen LogP contribution in [0.2, 0.25) is 0 Å². The standard InChI is InChI=1S/C7H8OS2/c1-4-3-6(9)10-7(4)5(2)8/h3,9H,1-2H3. The highest BCUT2D eigenvalue weighted by molar-refractivity contribution is 7.82. The Bertz CT molecular complexity index is 263. The van der Waals surface area contributed by atoms with E-state index in [1.165, 1.54) is 11.3 Å². The van der Waals surface area contributed by atoms with Crippen LogP contribution in [-0.4, -0.2) is 5.78 Å². The summed E-state index contributed by atoms with van der Waals surface area (Å²) in [5.74, 6) is 0.128. The normalized spacial score (nSPS) is 9.90. The summed E-state index contributed by atoms with van der Waals surface area (Å²) in [4.78, 5) is 11.7. The summed E-state index contributed by atoms with van der Waals surface area (Å²) >= 11 is 5.57. The molecule has 54 valence electrons. The molecule has 0 radical (unpaired) electrons. The van der Waals surface area contributed by atoms with Crippen LogP contribution in [0.1, 0.15) is 22.2 Å². The van der Waals surface area contributed by atoms with Gasteiger partial charge in [0.05, 0.1) is 9.09 Å². The number of carbonyl (C=O) groups is 1. The predicted octanol–water partition coefficient (Wildman–Crippen LogP) is 2.55. The first-order chi connectivity index (χ1) is 4.61. The molecular weight excluding hydrogens is 164 g/mol. The lowest BCUT2D eigenvalue weighted by atomic mass is 10.2. The van der Waals surface area contributed by atoms with Crippen LogP contribution in [0.4, 0.5) is 0 Å². The van der Waals surface area contributed by atoms with E-state index in [0.29, 0.717) is 0 Å². The minimum absolute atomic E-state index is 0.128. The lowest BCUT2D eigenvalue weighted by molar-refractivity contribution is 0.102. The van der Waals surface area contributed by atoms with Crippen LogP contribution >= 0.6 is 24.0 Å². The second kappa shape index (κ2) is 2.76. The van der Waals surface area contributed by atoms with E-state index in [4.69, 9.17) is 0 Å². The number of Topliss-reactive ketones (excluding diaryl/α,β-unsaturated/α-hetero) is 1. The van der Waals surface area contributed by atoms with E-state index in [2.05, 4.69) is 12.6 Å². The van der Waals surface area contributed by atoms with Crippen LogP contribution in [0, 0.1) is 6.92 Å². The smallest absolute Gasteiger partial charge is 0.170 e. The lowest BCUT2D eigenvalue weighted by Crippen LogP contribution is -1.87. The van der Waals surface area contributed by atoms with Crippen molar-refractivity contribution in [3.8, 4) is 0 Å². The summed E-state index contributed by atoms with van der Waals surface area (Å²) in [6, 6.07) is 1.91. The molecule has 1 rings (SSSR count). The first kappa shape index (κ1) is 7.82. The summed E-state index contributed by atoms with van der Waals surface area (Å²) in [5, 5.41) is 0. The fraction of sp³-hybridized carbons (Fsp3) is 0.286. The molecule has 0 aliphatic carbocycles. The highest BCUT2D eigenvalue weighted by atomic mass is 32.2. The van der Waals surface area contributed by atoms with E-state index in [1.54, 1.807) is 6.92 Å². The van der Waals surface area contributed by atoms with Crippen LogP contribution in [0.5, 0.6) is 0 Å². The summed E-state index contributed by atoms with van der Waals surface area (Å²) in [6.07, 6.45) is 0. The van der Waals surface area contributed by atoms with Crippen molar-refractivity contribution in [2.24, 2.45) is 0 Å². The van der Waals surface area contributed by atoms with E-state index < -0.39 is 0 Å². The first-order valence-corrected chi connectivity index (χ1v) is 4.18. The molecule has 1 aromatic heterocycles. The molecule has 10 heavy (non-hydrogen) atoms. The molecule has 1 heterocycles. The molecule has 0 aromatic carbocycles. The molecule has 0 aliphatic rings. The van der Waals surface area contributed by atoms with E-state index in [9.17, 15) is 4.79 Å². The zero-order chi connectivity index (χ0) is 7.72. The Morgan fingerprint density at radius 2 is 2.30 bits per heavy atom. The highest BCUT2D eigenvalue weighted by Gasteiger charge is 2.06. The van der Waals surface area contributed by atoms with Gasteiger partial charge in [-0.15, -0.1) is 24.0 Å². The first-order valence-electron chi connectivity index (χ1n) is 2.91. The van der Waals surface area contributed by atoms with E-state index in [-0.39, 0.29) is 5.78 Å². The molecule has 0 unspecified atom stereocenters. The van der Waals surface area contributed by atoms with Gasteiger partial charge in [-0.25, -0.2) is 0 Å². The molecule has 0 spiro atoms. The Morgan fingerprint density at radius 3 is 2.50 bits per heavy atom. The van der Waals surface area contributed by atoms with Gasteiger partial charge in [0, 0.05) is 0 Å². The molecule has 0 N–H and O–H groups in total. The van der Waals surface area contributed by atoms with Gasteiger partial charge < -0.3 is 0 Å². The molecule has 0 bridgehead atoms. The Hall–Kier alpha value is -0.280. The van der Waals surface area contributed by atoms with Gasteiger partial charge in [0.2, 0.25) is 0 Å². The third-order valence-corrected chi connectivity index (χ3v) is 2.77. The topological polar surface area (TPSA) is 17.1 Å². The molecule has 0 atom stereocenters. The number of rotatable bonds is 1. The summed E-state index contributed by atoms with van der Waals surface area (Å²) in [6.45, 7) is 3.50. The quantitative estimate of drug-likeness (QED) is 0.509. The molecule has 0 amide bonds. The molecule has 0 saturated carbocycles. The van der Waals surface area contributed by atoms with Crippen LogP contribution < -0.4 is 0 Å². The average molecular weight is 172 g/mol. The van der Waals surface area contributed by atoms with Crippen LogP contribution in [0.15, 0.2) is 10.3 Å². The minimum Gasteiger partial charge on any atom is -0.294 e. The van der Waals surface area contributed by atoms with Crippen molar-refractivity contribution in [3.05, 3.63) is 16.5 Å². The second-order valence-corrected chi connectivity index (χ2v) is 3.99. The molecule has 0 aliphatic heterocycles. The van der Waals surface area contributed by atoms with Crippen LogP contribution in [-0.2, 0) is 0 Å². The molecular formula is C7H8OS2. The average Bonchev–Trinajstić information content (AvgIpc) is 2.10. The van der Waals surface area contributed by atoms with Crippen molar-refractivity contribution in [1.29, 1.82) is 0 Å². The number of aryl methyl sites for hydroxylation is 1. The maximum absolute atomic E-state index is 10.9. The summed E-state index contributed by atoms with van der Waals surface area (Å²) in [7, 11) is 0. The van der Waals surface area contributed by atoms with Crippen molar-refractivity contribution in [1.82, 2.24) is 0 Å². The zero-order valence-corrected chi connectivity index (χ0v) is 7.55. The molecule has 1 nitrogen and oxygen atoms in total. The van der Waals surface area contributed by atoms with Gasteiger partial charge in [0.25, 0.3) is 0 Å². The maximum Gasteiger partial charge on any atom is 0.170 e. The third-order valence-electron chi connectivity index (χ3n) is 1.22. The molecule has 0 saturated heterocycles. The third kappa shape index (κ3) is 1.41. The van der Waals surface area contributed by atoms with Gasteiger partial charge >= 0.3 is 0 Å². The maximum atomic E-state index is 10.9. The Balaban J connectivity index is 3.15. The number of ketones is 1. The number of thiophene rings is 1. The van der Waals surface area contributed by atoms with Crippen molar-refractivity contribution in [3.63, 3.8) is 0 Å². The molecule has 1 aromatic rings. The van der Waals surface area contributed by atoms with Gasteiger partial charge in [-0.2, -0.15) is 0 Å². The van der Waals surface area contributed by atoms with E-state index in [0.717, 1.165) is 14.6 Å². The van der Waals surface area contributed by atoms with Crippen LogP contribution in [0.3, 0.4) is 0 Å². The monoisotopic (exact) mass is 172 g/mol. The molecule has 0 fully saturated rings. The Morgan fingerprint density at radius 1 is 1.70 bits per heavy atom. The fourth-order valence-corrected chi connectivity index (χ4v) is 2.09. The van der Waals surface area contributed by atoms with Crippen LogP contribution in [0.25, 0.3) is 0 Å². The number of hydrogen-bond acceptors (Lipinski definition) is 3. The van der Waals surface area contributed by atoms with Gasteiger partial charge in [0.1, 0.15) is 0 Å². The van der Waals surface area contributed by atoms with Crippen molar-refractivity contribution in [2.45, 2.75) is 18.1 Å². The van der Waals surface area contributed by atoms with Gasteiger partial charge in [-0.05, 0) is 25.5 Å². The summed E-state index contributed by atoms with van der Waals surface area (Å²) < 4.78 is 0.905. The second-order valence-electron chi connectivity index (χ2n) is 2.15. The minimum atomic E-state index is 0.128. The number of thiol groups is 1. The predicted molar refractivity (Wildman–Crippen MR) is 46.3 cm³/mol. The van der Waals surface area contributed by atoms with E-state index >= 15 is 0 Å². The lowest BCUT2D eigenvalue weighted by Gasteiger charge is -1.87. The highest BCUT2D eigenvalue weighted by Crippen LogP contribution is 2.24. The zero-order valence-electron chi connectivity index (χ0n) is 5.84. The Labute approximate surface area is 69.5 Å². The number of carbonyl (C=O) groups excluding carboxylic acids is 1. The fourth-order valence-electron chi connectivity index (χ4n) is 0.815. The van der Waals surface area contributed by atoms with Crippen molar-refractivity contribution in [2.75, 3.05) is 0 Å².